The average molecular weight is 374 g/mol. The molecule has 5 heteroatoms. The van der Waals surface area contributed by atoms with Crippen molar-refractivity contribution in [1.82, 2.24) is 9.97 Å². The zero-order valence-corrected chi connectivity index (χ0v) is 16.6. The van der Waals surface area contributed by atoms with Gasteiger partial charge in [-0.2, -0.15) is 0 Å². The van der Waals surface area contributed by atoms with E-state index in [1.54, 1.807) is 12.4 Å². The zero-order valence-electron chi connectivity index (χ0n) is 16.6. The molecule has 28 heavy (non-hydrogen) atoms. The van der Waals surface area contributed by atoms with Crippen molar-refractivity contribution in [3.05, 3.63) is 83.7 Å². The molecule has 5 nitrogen and oxygen atoms in total. The van der Waals surface area contributed by atoms with Crippen LogP contribution < -0.4 is 10.2 Å². The first-order valence-corrected chi connectivity index (χ1v) is 9.59. The second-order valence-corrected chi connectivity index (χ2v) is 6.98. The average Bonchev–Trinajstić information content (AvgIpc) is 2.73. The highest BCUT2D eigenvalue weighted by molar-refractivity contribution is 6.03. The van der Waals surface area contributed by atoms with Gasteiger partial charge in [-0.25, -0.2) is 9.97 Å². The Hall–Kier alpha value is -3.21. The molecule has 3 aromatic rings. The van der Waals surface area contributed by atoms with Gasteiger partial charge in [0.2, 0.25) is 5.95 Å². The molecule has 1 amide bonds. The normalized spacial score (nSPS) is 10.7. The minimum absolute atomic E-state index is 0.213. The quantitative estimate of drug-likeness (QED) is 0.651. The lowest BCUT2D eigenvalue weighted by molar-refractivity contribution is 0.102. The predicted molar refractivity (Wildman–Crippen MR) is 114 cm³/mol. The number of carbonyl (C=O) groups excluding carboxylic acids is 1. The summed E-state index contributed by atoms with van der Waals surface area (Å²) in [4.78, 5) is 23.5. The fraction of sp³-hybridized carbons (Fsp3) is 0.261. The first-order chi connectivity index (χ1) is 13.6. The number of benzene rings is 2. The molecule has 1 aromatic heterocycles. The molecule has 0 aliphatic carbocycles. The summed E-state index contributed by atoms with van der Waals surface area (Å²) in [6, 6.07) is 18.3. The van der Waals surface area contributed by atoms with Crippen LogP contribution in [0, 0.1) is 0 Å². The minimum Gasteiger partial charge on any atom is -0.334 e. The van der Waals surface area contributed by atoms with Gasteiger partial charge < -0.3 is 10.2 Å². The number of amides is 1. The number of hydrogen-bond donors (Lipinski definition) is 1. The first kappa shape index (κ1) is 19.5. The Kier molecular flexibility index (Phi) is 6.37. The fourth-order valence-electron chi connectivity index (χ4n) is 2.88. The van der Waals surface area contributed by atoms with Crippen LogP contribution in [0.5, 0.6) is 0 Å². The van der Waals surface area contributed by atoms with E-state index in [9.17, 15) is 4.79 Å². The molecule has 0 bridgehead atoms. The number of hydrogen-bond acceptors (Lipinski definition) is 4. The topological polar surface area (TPSA) is 58.1 Å². The fourth-order valence-corrected chi connectivity index (χ4v) is 2.88. The predicted octanol–water partition coefficient (Wildman–Crippen LogP) is 4.71. The SMILES string of the molecule is CCc1ccc(NC(=O)c2cnc(N(Cc3ccccc3)C(C)C)nc2)cc1. The van der Waals surface area contributed by atoms with Crippen LogP contribution in [-0.4, -0.2) is 21.9 Å². The van der Waals surface area contributed by atoms with Crippen molar-refractivity contribution in [2.45, 2.75) is 39.8 Å². The third kappa shape index (κ3) is 4.94. The van der Waals surface area contributed by atoms with E-state index in [1.807, 2.05) is 42.5 Å². The Bertz CT molecular complexity index is 890. The van der Waals surface area contributed by atoms with Gasteiger partial charge in [0, 0.05) is 30.7 Å². The first-order valence-electron chi connectivity index (χ1n) is 9.59. The van der Waals surface area contributed by atoms with Gasteiger partial charge in [0.05, 0.1) is 5.56 Å². The number of aromatic nitrogens is 2. The summed E-state index contributed by atoms with van der Waals surface area (Å²) < 4.78 is 0. The van der Waals surface area contributed by atoms with E-state index < -0.39 is 0 Å². The van der Waals surface area contributed by atoms with Gasteiger partial charge in [-0.15, -0.1) is 0 Å². The Morgan fingerprint density at radius 3 is 2.18 bits per heavy atom. The smallest absolute Gasteiger partial charge is 0.258 e. The van der Waals surface area contributed by atoms with E-state index in [2.05, 4.69) is 53.1 Å². The van der Waals surface area contributed by atoms with Crippen molar-refractivity contribution in [3.8, 4) is 0 Å². The number of nitrogens with zero attached hydrogens (tertiary/aromatic N) is 3. The Morgan fingerprint density at radius 1 is 0.964 bits per heavy atom. The van der Waals surface area contributed by atoms with Gasteiger partial charge in [-0.05, 0) is 43.5 Å². The van der Waals surface area contributed by atoms with E-state index in [0.29, 0.717) is 18.1 Å². The van der Waals surface area contributed by atoms with Crippen molar-refractivity contribution in [2.24, 2.45) is 0 Å². The maximum Gasteiger partial charge on any atom is 0.258 e. The Balaban J connectivity index is 1.70. The lowest BCUT2D eigenvalue weighted by Crippen LogP contribution is -2.31. The third-order valence-corrected chi connectivity index (χ3v) is 4.60. The van der Waals surface area contributed by atoms with Crippen LogP contribution in [0.15, 0.2) is 67.0 Å². The standard InChI is InChI=1S/C23H26N4O/c1-4-18-10-12-21(13-11-18)26-22(28)20-14-24-23(25-15-20)27(17(2)3)16-19-8-6-5-7-9-19/h5-15,17H,4,16H2,1-3H3,(H,26,28). The van der Waals surface area contributed by atoms with E-state index in [-0.39, 0.29) is 11.9 Å². The molecule has 1 heterocycles. The molecule has 0 aliphatic heterocycles. The summed E-state index contributed by atoms with van der Waals surface area (Å²) in [7, 11) is 0. The highest BCUT2D eigenvalue weighted by atomic mass is 16.1. The van der Waals surface area contributed by atoms with Crippen LogP contribution in [0.4, 0.5) is 11.6 Å². The summed E-state index contributed by atoms with van der Waals surface area (Å²) in [6.07, 6.45) is 4.13. The molecule has 2 aromatic carbocycles. The number of anilines is 2. The molecule has 1 N–H and O–H groups in total. The highest BCUT2D eigenvalue weighted by Gasteiger charge is 2.15. The van der Waals surface area contributed by atoms with Crippen LogP contribution in [0.1, 0.15) is 42.3 Å². The summed E-state index contributed by atoms with van der Waals surface area (Å²) in [5, 5.41) is 2.89. The molecular formula is C23H26N4O. The third-order valence-electron chi connectivity index (χ3n) is 4.60. The number of rotatable bonds is 7. The molecule has 0 spiro atoms. The number of carbonyl (C=O) groups is 1. The van der Waals surface area contributed by atoms with Crippen LogP contribution in [0.25, 0.3) is 0 Å². The van der Waals surface area contributed by atoms with E-state index in [4.69, 9.17) is 0 Å². The maximum atomic E-state index is 12.5. The van der Waals surface area contributed by atoms with Gasteiger partial charge in [-0.1, -0.05) is 49.4 Å². The van der Waals surface area contributed by atoms with Crippen molar-refractivity contribution < 1.29 is 4.79 Å². The van der Waals surface area contributed by atoms with Gasteiger partial charge in [0.15, 0.2) is 0 Å². The summed E-state index contributed by atoms with van der Waals surface area (Å²) in [5.74, 6) is 0.401. The molecule has 0 saturated heterocycles. The summed E-state index contributed by atoms with van der Waals surface area (Å²) in [6.45, 7) is 7.03. The molecule has 144 valence electrons. The second-order valence-electron chi connectivity index (χ2n) is 6.98. The molecule has 0 fully saturated rings. The summed E-state index contributed by atoms with van der Waals surface area (Å²) >= 11 is 0. The molecule has 0 unspecified atom stereocenters. The largest absolute Gasteiger partial charge is 0.334 e. The second kappa shape index (κ2) is 9.13. The minimum atomic E-state index is -0.213. The van der Waals surface area contributed by atoms with Crippen molar-refractivity contribution in [2.75, 3.05) is 10.2 Å². The zero-order chi connectivity index (χ0) is 19.9. The lowest BCUT2D eigenvalue weighted by atomic mass is 10.1. The van der Waals surface area contributed by atoms with E-state index in [0.717, 1.165) is 12.1 Å². The van der Waals surface area contributed by atoms with Crippen molar-refractivity contribution >= 4 is 17.5 Å². The maximum absolute atomic E-state index is 12.5. The molecule has 0 saturated carbocycles. The van der Waals surface area contributed by atoms with E-state index in [1.165, 1.54) is 11.1 Å². The molecule has 0 radical (unpaired) electrons. The number of aryl methyl sites for hydroxylation is 1. The lowest BCUT2D eigenvalue weighted by Gasteiger charge is -2.26. The Labute approximate surface area is 166 Å². The Morgan fingerprint density at radius 2 is 1.61 bits per heavy atom. The van der Waals surface area contributed by atoms with Crippen LogP contribution in [0.2, 0.25) is 0 Å². The van der Waals surface area contributed by atoms with Gasteiger partial charge in [-0.3, -0.25) is 4.79 Å². The molecule has 0 aliphatic rings. The van der Waals surface area contributed by atoms with Crippen LogP contribution in [-0.2, 0) is 13.0 Å². The van der Waals surface area contributed by atoms with Crippen molar-refractivity contribution in [1.29, 1.82) is 0 Å². The van der Waals surface area contributed by atoms with Crippen LogP contribution in [0.3, 0.4) is 0 Å². The van der Waals surface area contributed by atoms with Gasteiger partial charge in [0.25, 0.3) is 5.91 Å². The molecule has 3 rings (SSSR count). The highest BCUT2D eigenvalue weighted by Crippen LogP contribution is 2.16. The van der Waals surface area contributed by atoms with E-state index >= 15 is 0 Å². The van der Waals surface area contributed by atoms with Gasteiger partial charge in [0.1, 0.15) is 0 Å². The van der Waals surface area contributed by atoms with Gasteiger partial charge >= 0.3 is 0 Å². The summed E-state index contributed by atoms with van der Waals surface area (Å²) in [5.41, 5.74) is 3.63. The number of nitrogens with one attached hydrogen (secondary N) is 1. The molecular weight excluding hydrogens is 348 g/mol. The van der Waals surface area contributed by atoms with Crippen LogP contribution >= 0.6 is 0 Å². The monoisotopic (exact) mass is 374 g/mol. The van der Waals surface area contributed by atoms with Crippen molar-refractivity contribution in [3.63, 3.8) is 0 Å². The molecule has 0 atom stereocenters.